The molecule has 0 radical (unpaired) electrons. The lowest BCUT2D eigenvalue weighted by Gasteiger charge is -2.20. The Morgan fingerprint density at radius 1 is 0.639 bits per heavy atom. The maximum atomic E-state index is 6.47. The van der Waals surface area contributed by atoms with Crippen LogP contribution in [0.3, 0.4) is 0 Å². The largest absolute Gasteiger partial charge is 0.489 e. The van der Waals surface area contributed by atoms with E-state index >= 15 is 0 Å². The molecule has 0 spiro atoms. The third-order valence-electron chi connectivity index (χ3n) is 7.14. The molecule has 194 valence electrons. The molecule has 0 N–H and O–H groups in total. The Kier molecular flexibility index (Phi) is 11.8. The van der Waals surface area contributed by atoms with E-state index < -0.39 is 0 Å². The van der Waals surface area contributed by atoms with E-state index in [1.54, 1.807) is 0 Å². The van der Waals surface area contributed by atoms with Crippen molar-refractivity contribution in [1.29, 1.82) is 0 Å². The molecule has 36 heavy (non-hydrogen) atoms. The fourth-order valence-corrected chi connectivity index (χ4v) is 4.52. The van der Waals surface area contributed by atoms with Crippen molar-refractivity contribution in [3.63, 3.8) is 0 Å². The summed E-state index contributed by atoms with van der Waals surface area (Å²) < 4.78 is 12.9. The Morgan fingerprint density at radius 2 is 1.28 bits per heavy atom. The van der Waals surface area contributed by atoms with Gasteiger partial charge in [-0.1, -0.05) is 96.6 Å². The highest BCUT2D eigenvalue weighted by Gasteiger charge is 2.14. The number of ether oxygens (including phenoxy) is 2. The van der Waals surface area contributed by atoms with E-state index in [1.807, 2.05) is 18.3 Å². The quantitative estimate of drug-likeness (QED) is 0.201. The zero-order valence-electron chi connectivity index (χ0n) is 22.8. The minimum absolute atomic E-state index is 0.571. The van der Waals surface area contributed by atoms with E-state index in [0.29, 0.717) is 11.8 Å². The summed E-state index contributed by atoms with van der Waals surface area (Å²) in [5.74, 6) is 2.87. The van der Waals surface area contributed by atoms with Gasteiger partial charge in [0.05, 0.1) is 18.9 Å². The summed E-state index contributed by atoms with van der Waals surface area (Å²) in [5, 5.41) is 0. The van der Waals surface area contributed by atoms with Gasteiger partial charge in [0.1, 0.15) is 0 Å². The molecule has 0 aliphatic rings. The number of hydrogen-bond donors (Lipinski definition) is 0. The average molecular weight is 488 g/mol. The van der Waals surface area contributed by atoms with Gasteiger partial charge in [0.2, 0.25) is 0 Å². The van der Waals surface area contributed by atoms with E-state index in [-0.39, 0.29) is 0 Å². The molecule has 0 bridgehead atoms. The van der Waals surface area contributed by atoms with Crippen LogP contribution in [-0.4, -0.2) is 18.2 Å². The normalized spacial score (nSPS) is 12.8. The van der Waals surface area contributed by atoms with Crippen LogP contribution < -0.4 is 9.47 Å². The Morgan fingerprint density at radius 3 is 1.89 bits per heavy atom. The predicted octanol–water partition coefficient (Wildman–Crippen LogP) is 9.61. The fourth-order valence-electron chi connectivity index (χ4n) is 4.52. The van der Waals surface area contributed by atoms with E-state index in [9.17, 15) is 0 Å². The van der Waals surface area contributed by atoms with Crippen molar-refractivity contribution < 1.29 is 9.47 Å². The van der Waals surface area contributed by atoms with Crippen LogP contribution in [0.15, 0.2) is 66.9 Å². The maximum absolute atomic E-state index is 6.47. The van der Waals surface area contributed by atoms with Crippen LogP contribution in [0.1, 0.15) is 79.1 Å². The highest BCUT2D eigenvalue weighted by Crippen LogP contribution is 2.35. The second-order valence-electron chi connectivity index (χ2n) is 9.91. The molecule has 0 amide bonds. The molecule has 3 nitrogen and oxygen atoms in total. The third kappa shape index (κ3) is 8.40. The summed E-state index contributed by atoms with van der Waals surface area (Å²) in [6.07, 6.45) is 11.5. The van der Waals surface area contributed by atoms with Gasteiger partial charge in [-0.25, -0.2) is 0 Å². The van der Waals surface area contributed by atoms with E-state index in [4.69, 9.17) is 9.47 Å². The third-order valence-corrected chi connectivity index (χ3v) is 7.14. The molecule has 3 rings (SSSR count). The van der Waals surface area contributed by atoms with Gasteiger partial charge in [-0.2, -0.15) is 0 Å². The number of unbranched alkanes of at least 4 members (excludes halogenated alkanes) is 2. The second kappa shape index (κ2) is 15.3. The van der Waals surface area contributed by atoms with Gasteiger partial charge in [-0.3, -0.25) is 4.98 Å². The topological polar surface area (TPSA) is 31.4 Å². The van der Waals surface area contributed by atoms with E-state index in [2.05, 4.69) is 81.2 Å². The van der Waals surface area contributed by atoms with Crippen molar-refractivity contribution in [2.45, 2.75) is 79.1 Å². The molecule has 3 heteroatoms. The molecule has 0 aliphatic carbocycles. The van der Waals surface area contributed by atoms with Crippen LogP contribution in [0.4, 0.5) is 0 Å². The average Bonchev–Trinajstić information content (AvgIpc) is 2.94. The van der Waals surface area contributed by atoms with Crippen molar-refractivity contribution in [2.75, 3.05) is 13.2 Å². The van der Waals surface area contributed by atoms with Gasteiger partial charge in [0.15, 0.2) is 11.5 Å². The predicted molar refractivity (Wildman–Crippen MR) is 153 cm³/mol. The Bertz CT molecular complexity index is 1020. The van der Waals surface area contributed by atoms with Gasteiger partial charge in [-0.15, -0.1) is 0 Å². The molecular formula is C33H45NO2. The minimum Gasteiger partial charge on any atom is -0.489 e. The molecule has 1 aromatic heterocycles. The second-order valence-corrected chi connectivity index (χ2v) is 9.91. The summed E-state index contributed by atoms with van der Waals surface area (Å²) in [5.41, 5.74) is 4.38. The smallest absolute Gasteiger partial charge is 0.161 e. The zero-order chi connectivity index (χ0) is 25.6. The lowest BCUT2D eigenvalue weighted by molar-refractivity contribution is 0.199. The van der Waals surface area contributed by atoms with Crippen LogP contribution in [0.25, 0.3) is 22.4 Å². The SMILES string of the molecule is CCCCC(CC)COc1ccc(-c2cccc(-c3ccccn3)c2)cc1OCC(CC)CCCC. The van der Waals surface area contributed by atoms with E-state index in [1.165, 1.54) is 38.5 Å². The fraction of sp³-hybridized carbons (Fsp3) is 0.485. The van der Waals surface area contributed by atoms with Crippen molar-refractivity contribution in [3.05, 3.63) is 66.9 Å². The number of benzene rings is 2. The van der Waals surface area contributed by atoms with Gasteiger partial charge < -0.3 is 9.47 Å². The summed E-state index contributed by atoms with van der Waals surface area (Å²) >= 11 is 0. The van der Waals surface area contributed by atoms with E-state index in [0.717, 1.165) is 59.9 Å². The molecular weight excluding hydrogens is 442 g/mol. The Hall–Kier alpha value is -2.81. The van der Waals surface area contributed by atoms with Crippen LogP contribution >= 0.6 is 0 Å². The first-order valence-electron chi connectivity index (χ1n) is 14.1. The lowest BCUT2D eigenvalue weighted by Crippen LogP contribution is -2.14. The molecule has 0 saturated heterocycles. The first-order chi connectivity index (χ1) is 17.7. The van der Waals surface area contributed by atoms with Crippen LogP contribution in [-0.2, 0) is 0 Å². The van der Waals surface area contributed by atoms with Crippen LogP contribution in [0.5, 0.6) is 11.5 Å². The number of hydrogen-bond acceptors (Lipinski definition) is 3. The molecule has 2 aromatic carbocycles. The van der Waals surface area contributed by atoms with Crippen LogP contribution in [0, 0.1) is 11.8 Å². The van der Waals surface area contributed by atoms with Crippen LogP contribution in [0.2, 0.25) is 0 Å². The van der Waals surface area contributed by atoms with Crippen molar-refractivity contribution in [1.82, 2.24) is 4.98 Å². The zero-order valence-corrected chi connectivity index (χ0v) is 22.8. The van der Waals surface area contributed by atoms with Crippen molar-refractivity contribution in [2.24, 2.45) is 11.8 Å². The molecule has 2 unspecified atom stereocenters. The summed E-state index contributed by atoms with van der Waals surface area (Å²) in [6.45, 7) is 10.5. The molecule has 0 aliphatic heterocycles. The first-order valence-corrected chi connectivity index (χ1v) is 14.1. The standard InChI is InChI=1S/C33H45NO2/c1-5-9-14-26(7-3)24-35-32-20-19-29(23-33(32)36-25-27(8-4)15-10-6-2)28-16-13-17-30(22-28)31-18-11-12-21-34-31/h11-13,16-23,26-27H,5-10,14-15,24-25H2,1-4H3. The number of rotatable bonds is 16. The number of aromatic nitrogens is 1. The molecule has 2 atom stereocenters. The van der Waals surface area contributed by atoms with Gasteiger partial charge in [0.25, 0.3) is 0 Å². The van der Waals surface area contributed by atoms with Gasteiger partial charge in [0, 0.05) is 11.8 Å². The monoisotopic (exact) mass is 487 g/mol. The highest BCUT2D eigenvalue weighted by atomic mass is 16.5. The first kappa shape index (κ1) is 27.8. The summed E-state index contributed by atoms with van der Waals surface area (Å²) in [4.78, 5) is 4.52. The summed E-state index contributed by atoms with van der Waals surface area (Å²) in [6, 6.07) is 21.0. The lowest BCUT2D eigenvalue weighted by atomic mass is 9.99. The Labute approximate surface area is 219 Å². The van der Waals surface area contributed by atoms with Gasteiger partial charge in [-0.05, 0) is 66.1 Å². The number of nitrogens with zero attached hydrogens (tertiary/aromatic N) is 1. The highest BCUT2D eigenvalue weighted by molar-refractivity contribution is 5.73. The maximum Gasteiger partial charge on any atom is 0.161 e. The summed E-state index contributed by atoms with van der Waals surface area (Å²) in [7, 11) is 0. The molecule has 1 heterocycles. The Balaban J connectivity index is 1.84. The molecule has 0 fully saturated rings. The minimum atomic E-state index is 0.571. The van der Waals surface area contributed by atoms with Crippen molar-refractivity contribution in [3.8, 4) is 33.9 Å². The number of pyridine rings is 1. The van der Waals surface area contributed by atoms with Crippen molar-refractivity contribution >= 4 is 0 Å². The molecule has 0 saturated carbocycles. The molecule has 3 aromatic rings. The van der Waals surface area contributed by atoms with Gasteiger partial charge >= 0.3 is 0 Å².